The molecule has 0 aliphatic carbocycles. The van der Waals surface area contributed by atoms with Crippen LogP contribution in [0.15, 0.2) is 18.2 Å². The summed E-state index contributed by atoms with van der Waals surface area (Å²) in [4.78, 5) is 40.8. The summed E-state index contributed by atoms with van der Waals surface area (Å²) >= 11 is 0. The molecule has 3 aliphatic rings. The average molecular weight is 485 g/mol. The van der Waals surface area contributed by atoms with Gasteiger partial charge >= 0.3 is 12.1 Å². The lowest BCUT2D eigenvalue weighted by Gasteiger charge is -2.37. The lowest BCUT2D eigenvalue weighted by Crippen LogP contribution is -2.52. The van der Waals surface area contributed by atoms with Gasteiger partial charge in [0.25, 0.3) is 0 Å². The monoisotopic (exact) mass is 484 g/mol. The minimum atomic E-state index is -0.546. The number of hydrogen-bond donors (Lipinski definition) is 3. The van der Waals surface area contributed by atoms with Gasteiger partial charge < -0.3 is 19.9 Å². The number of carbonyl (C=O) groups is 3. The van der Waals surface area contributed by atoms with E-state index in [4.69, 9.17) is 10.1 Å². The van der Waals surface area contributed by atoms with E-state index in [2.05, 4.69) is 15.5 Å². The fraction of sp³-hybridized carbons (Fsp3) is 0.600. The quantitative estimate of drug-likeness (QED) is 0.437. The fourth-order valence-electron chi connectivity index (χ4n) is 5.44. The van der Waals surface area contributed by atoms with E-state index >= 15 is 0 Å². The zero-order chi connectivity index (χ0) is 24.9. The summed E-state index contributed by atoms with van der Waals surface area (Å²) in [6.45, 7) is 3.77. The summed E-state index contributed by atoms with van der Waals surface area (Å²) in [5.41, 5.74) is 2.53. The lowest BCUT2D eigenvalue weighted by atomic mass is 9.83. The first-order valence-corrected chi connectivity index (χ1v) is 12.5. The molecule has 3 aliphatic heterocycles. The van der Waals surface area contributed by atoms with E-state index in [9.17, 15) is 14.4 Å². The SMILES string of the molecule is CNc1cc(N2CCC(CC3CCN(C(=O)OC)CC3)CC2)ccc1C(=N)N1CCC(=O)NC1=O. The molecule has 0 unspecified atom stereocenters. The van der Waals surface area contributed by atoms with Crippen molar-refractivity contribution in [2.75, 3.05) is 57.1 Å². The van der Waals surface area contributed by atoms with E-state index in [-0.39, 0.29) is 30.8 Å². The highest BCUT2D eigenvalue weighted by atomic mass is 16.5. The van der Waals surface area contributed by atoms with Gasteiger partial charge in [0.1, 0.15) is 5.84 Å². The molecule has 0 bridgehead atoms. The number of amidine groups is 1. The Labute approximate surface area is 206 Å². The van der Waals surface area contributed by atoms with Crippen LogP contribution in [0.5, 0.6) is 0 Å². The predicted molar refractivity (Wildman–Crippen MR) is 134 cm³/mol. The number of likely N-dealkylation sites (tertiary alicyclic amines) is 1. The van der Waals surface area contributed by atoms with Gasteiger partial charge in [-0.2, -0.15) is 0 Å². The second-order valence-electron chi connectivity index (χ2n) is 9.65. The van der Waals surface area contributed by atoms with Crippen LogP contribution in [0.25, 0.3) is 0 Å². The Hall–Kier alpha value is -3.30. The molecule has 4 amide bonds. The number of benzene rings is 1. The van der Waals surface area contributed by atoms with Gasteiger partial charge in [0, 0.05) is 63.1 Å². The van der Waals surface area contributed by atoms with Crippen LogP contribution in [0.1, 0.15) is 44.1 Å². The Morgan fingerprint density at radius 2 is 1.74 bits per heavy atom. The van der Waals surface area contributed by atoms with Crippen LogP contribution in [-0.4, -0.2) is 80.5 Å². The summed E-state index contributed by atoms with van der Waals surface area (Å²) in [6, 6.07) is 5.39. The van der Waals surface area contributed by atoms with Crippen molar-refractivity contribution in [3.8, 4) is 0 Å². The number of anilines is 2. The summed E-state index contributed by atoms with van der Waals surface area (Å²) in [5, 5.41) is 14.0. The van der Waals surface area contributed by atoms with Crippen molar-refractivity contribution in [1.29, 1.82) is 5.41 Å². The van der Waals surface area contributed by atoms with E-state index in [0.29, 0.717) is 17.4 Å². The highest BCUT2D eigenvalue weighted by Gasteiger charge is 2.29. The number of piperidine rings is 2. The first kappa shape index (κ1) is 24.8. The molecule has 0 aromatic heterocycles. The van der Waals surface area contributed by atoms with Crippen LogP contribution in [0, 0.1) is 17.2 Å². The Bertz CT molecular complexity index is 967. The van der Waals surface area contributed by atoms with Gasteiger partial charge in [0.05, 0.1) is 7.11 Å². The van der Waals surface area contributed by atoms with Crippen molar-refractivity contribution in [3.05, 3.63) is 23.8 Å². The van der Waals surface area contributed by atoms with Crippen molar-refractivity contribution in [2.24, 2.45) is 11.8 Å². The smallest absolute Gasteiger partial charge is 0.409 e. The molecule has 1 aromatic rings. The van der Waals surface area contributed by atoms with E-state index in [1.54, 1.807) is 4.90 Å². The minimum absolute atomic E-state index is 0.0860. The Balaban J connectivity index is 1.31. The van der Waals surface area contributed by atoms with Crippen molar-refractivity contribution in [2.45, 2.75) is 38.5 Å². The third kappa shape index (κ3) is 5.68. The van der Waals surface area contributed by atoms with Gasteiger partial charge in [-0.25, -0.2) is 9.59 Å². The molecular weight excluding hydrogens is 448 g/mol. The summed E-state index contributed by atoms with van der Waals surface area (Å²) < 4.78 is 4.84. The van der Waals surface area contributed by atoms with Crippen LogP contribution in [-0.2, 0) is 9.53 Å². The van der Waals surface area contributed by atoms with E-state index < -0.39 is 6.03 Å². The van der Waals surface area contributed by atoms with E-state index in [0.717, 1.165) is 63.2 Å². The zero-order valence-electron chi connectivity index (χ0n) is 20.6. The number of methoxy groups -OCH3 is 1. The number of ether oxygens (including phenoxy) is 1. The molecule has 0 radical (unpaired) electrons. The maximum atomic E-state index is 12.2. The first-order valence-electron chi connectivity index (χ1n) is 12.5. The topological polar surface area (TPSA) is 118 Å². The number of nitrogens with zero attached hydrogens (tertiary/aromatic N) is 3. The van der Waals surface area contributed by atoms with Crippen molar-refractivity contribution < 1.29 is 19.1 Å². The van der Waals surface area contributed by atoms with E-state index in [1.807, 2.05) is 25.2 Å². The molecule has 190 valence electrons. The van der Waals surface area contributed by atoms with Crippen molar-refractivity contribution in [1.82, 2.24) is 15.1 Å². The molecule has 3 N–H and O–H groups in total. The van der Waals surface area contributed by atoms with Gasteiger partial charge in [-0.15, -0.1) is 0 Å². The predicted octanol–water partition coefficient (Wildman–Crippen LogP) is 3.08. The second-order valence-corrected chi connectivity index (χ2v) is 9.65. The second kappa shape index (κ2) is 11.0. The van der Waals surface area contributed by atoms with E-state index in [1.165, 1.54) is 18.4 Å². The average Bonchev–Trinajstić information content (AvgIpc) is 2.88. The summed E-state index contributed by atoms with van der Waals surface area (Å²) in [7, 11) is 3.25. The molecule has 3 fully saturated rings. The molecule has 3 heterocycles. The molecular formula is C25H36N6O4. The molecule has 10 nitrogen and oxygen atoms in total. The fourth-order valence-corrected chi connectivity index (χ4v) is 5.44. The lowest BCUT2D eigenvalue weighted by molar-refractivity contribution is -0.121. The van der Waals surface area contributed by atoms with Gasteiger partial charge in [-0.1, -0.05) is 0 Å². The standard InChI is InChI=1S/C25H36N6O4/c1-27-21-16-19(3-4-20(21)23(26)31-14-9-22(32)28-24(31)33)29-10-5-17(6-11-29)15-18-7-12-30(13-8-18)25(34)35-2/h3-4,16-18,26-27H,5-15H2,1-2H3,(H,28,32,33). The maximum Gasteiger partial charge on any atom is 0.409 e. The Morgan fingerprint density at radius 3 is 2.34 bits per heavy atom. The third-order valence-corrected chi connectivity index (χ3v) is 7.55. The van der Waals surface area contributed by atoms with Gasteiger partial charge in [-0.3, -0.25) is 20.4 Å². The van der Waals surface area contributed by atoms with Gasteiger partial charge in [0.2, 0.25) is 5.91 Å². The number of amides is 4. The van der Waals surface area contributed by atoms with Crippen LogP contribution >= 0.6 is 0 Å². The third-order valence-electron chi connectivity index (χ3n) is 7.55. The number of carbonyl (C=O) groups excluding carboxylic acids is 3. The molecule has 0 saturated carbocycles. The number of hydrogen-bond acceptors (Lipinski definition) is 7. The molecule has 0 spiro atoms. The van der Waals surface area contributed by atoms with Crippen LogP contribution in [0.3, 0.4) is 0 Å². The van der Waals surface area contributed by atoms with Crippen LogP contribution in [0.2, 0.25) is 0 Å². The summed E-state index contributed by atoms with van der Waals surface area (Å²) in [5.74, 6) is 1.16. The molecule has 4 rings (SSSR count). The molecule has 10 heteroatoms. The summed E-state index contributed by atoms with van der Waals surface area (Å²) in [6.07, 6.45) is 5.60. The first-order chi connectivity index (χ1) is 16.9. The molecule has 1 aromatic carbocycles. The molecule has 0 atom stereocenters. The minimum Gasteiger partial charge on any atom is -0.453 e. The van der Waals surface area contributed by atoms with Gasteiger partial charge in [-0.05, 0) is 62.1 Å². The highest BCUT2D eigenvalue weighted by Crippen LogP contribution is 2.33. The van der Waals surface area contributed by atoms with Crippen LogP contribution in [0.4, 0.5) is 21.0 Å². The number of urea groups is 1. The number of rotatable bonds is 5. The van der Waals surface area contributed by atoms with Crippen molar-refractivity contribution in [3.63, 3.8) is 0 Å². The maximum absolute atomic E-state index is 12.2. The Morgan fingerprint density at radius 1 is 1.09 bits per heavy atom. The van der Waals surface area contributed by atoms with Crippen LogP contribution < -0.4 is 15.5 Å². The zero-order valence-corrected chi connectivity index (χ0v) is 20.6. The Kier molecular flexibility index (Phi) is 7.77. The number of nitrogens with one attached hydrogen (secondary N) is 3. The molecule has 35 heavy (non-hydrogen) atoms. The molecule has 3 saturated heterocycles. The van der Waals surface area contributed by atoms with Crippen molar-refractivity contribution >= 4 is 35.2 Å². The number of imide groups is 1. The normalized spacial score (nSPS) is 20.0. The largest absolute Gasteiger partial charge is 0.453 e. The van der Waals surface area contributed by atoms with Gasteiger partial charge in [0.15, 0.2) is 0 Å². The highest BCUT2D eigenvalue weighted by molar-refractivity contribution is 6.12.